The molecule has 0 radical (unpaired) electrons. The Kier molecular flexibility index (Phi) is 4.42. The molecule has 2 N–H and O–H groups in total. The fourth-order valence-corrected chi connectivity index (χ4v) is 3.69. The van der Waals surface area contributed by atoms with Crippen LogP contribution in [0.25, 0.3) is 11.3 Å². The molecule has 1 fully saturated rings. The molecule has 1 aliphatic carbocycles. The van der Waals surface area contributed by atoms with E-state index in [4.69, 9.17) is 10.7 Å². The molecule has 0 spiro atoms. The van der Waals surface area contributed by atoms with Crippen LogP contribution in [-0.4, -0.2) is 9.97 Å². The van der Waals surface area contributed by atoms with E-state index in [1.165, 1.54) is 25.7 Å². The third-order valence-corrected chi connectivity index (χ3v) is 5.49. The van der Waals surface area contributed by atoms with Gasteiger partial charge in [0.2, 0.25) is 0 Å². The van der Waals surface area contributed by atoms with Crippen LogP contribution in [0.5, 0.6) is 0 Å². The first kappa shape index (κ1) is 14.8. The van der Waals surface area contributed by atoms with Crippen LogP contribution in [-0.2, 0) is 0 Å². The van der Waals surface area contributed by atoms with E-state index in [0.717, 1.165) is 26.6 Å². The molecule has 1 aromatic heterocycles. The van der Waals surface area contributed by atoms with E-state index in [1.807, 2.05) is 18.2 Å². The lowest BCUT2D eigenvalue weighted by Crippen LogP contribution is -2.08. The Morgan fingerprint density at radius 1 is 1.19 bits per heavy atom. The SMILES string of the molecule is CCC1CCC(c2nc(N)c(I)c(-c3ccccc3)n2)C1. The van der Waals surface area contributed by atoms with Crippen LogP contribution in [0.1, 0.15) is 44.3 Å². The van der Waals surface area contributed by atoms with E-state index in [-0.39, 0.29) is 0 Å². The highest BCUT2D eigenvalue weighted by atomic mass is 127. The van der Waals surface area contributed by atoms with E-state index in [0.29, 0.717) is 11.7 Å². The quantitative estimate of drug-likeness (QED) is 0.774. The van der Waals surface area contributed by atoms with E-state index in [2.05, 4.69) is 46.6 Å². The number of nitrogens with two attached hydrogens (primary N) is 1. The minimum absolute atomic E-state index is 0.469. The number of anilines is 1. The zero-order valence-electron chi connectivity index (χ0n) is 12.2. The first-order valence-corrected chi connectivity index (χ1v) is 8.65. The summed E-state index contributed by atoms with van der Waals surface area (Å²) in [6.07, 6.45) is 4.93. The summed E-state index contributed by atoms with van der Waals surface area (Å²) in [7, 11) is 0. The number of hydrogen-bond acceptors (Lipinski definition) is 3. The molecule has 2 unspecified atom stereocenters. The molecule has 0 amide bonds. The second-order valence-electron chi connectivity index (χ2n) is 5.78. The van der Waals surface area contributed by atoms with Gasteiger partial charge in [-0.1, -0.05) is 43.7 Å². The first-order chi connectivity index (χ1) is 10.2. The van der Waals surface area contributed by atoms with Crippen molar-refractivity contribution in [2.75, 3.05) is 5.73 Å². The van der Waals surface area contributed by atoms with Crippen LogP contribution in [0.2, 0.25) is 0 Å². The fourth-order valence-electron chi connectivity index (χ4n) is 3.13. The predicted molar refractivity (Wildman–Crippen MR) is 95.0 cm³/mol. The lowest BCUT2D eigenvalue weighted by atomic mass is 10.0. The molecular weight excluding hydrogens is 373 g/mol. The van der Waals surface area contributed by atoms with Crippen molar-refractivity contribution in [3.05, 3.63) is 39.7 Å². The van der Waals surface area contributed by atoms with Crippen LogP contribution >= 0.6 is 22.6 Å². The molecule has 21 heavy (non-hydrogen) atoms. The topological polar surface area (TPSA) is 51.8 Å². The smallest absolute Gasteiger partial charge is 0.141 e. The van der Waals surface area contributed by atoms with Gasteiger partial charge < -0.3 is 5.73 Å². The maximum Gasteiger partial charge on any atom is 0.141 e. The van der Waals surface area contributed by atoms with Crippen molar-refractivity contribution in [3.8, 4) is 11.3 Å². The molecule has 1 heterocycles. The van der Waals surface area contributed by atoms with Crippen LogP contribution in [0.15, 0.2) is 30.3 Å². The zero-order valence-corrected chi connectivity index (χ0v) is 14.4. The van der Waals surface area contributed by atoms with Gasteiger partial charge in [-0.05, 0) is 47.8 Å². The fraction of sp³-hybridized carbons (Fsp3) is 0.412. The molecule has 3 rings (SSSR count). The van der Waals surface area contributed by atoms with Crippen molar-refractivity contribution < 1.29 is 0 Å². The molecule has 1 aliphatic rings. The summed E-state index contributed by atoms with van der Waals surface area (Å²) in [5.41, 5.74) is 8.22. The van der Waals surface area contributed by atoms with Crippen molar-refractivity contribution in [1.82, 2.24) is 9.97 Å². The van der Waals surface area contributed by atoms with E-state index in [9.17, 15) is 0 Å². The van der Waals surface area contributed by atoms with Crippen LogP contribution in [0.3, 0.4) is 0 Å². The number of rotatable bonds is 3. The average Bonchev–Trinajstić information content (AvgIpc) is 3.00. The summed E-state index contributed by atoms with van der Waals surface area (Å²) in [6.45, 7) is 2.27. The van der Waals surface area contributed by atoms with Crippen molar-refractivity contribution in [1.29, 1.82) is 0 Å². The van der Waals surface area contributed by atoms with Crippen LogP contribution in [0, 0.1) is 9.49 Å². The number of benzene rings is 1. The maximum atomic E-state index is 6.13. The van der Waals surface area contributed by atoms with Gasteiger partial charge in [-0.3, -0.25) is 0 Å². The number of nitrogen functional groups attached to an aromatic ring is 1. The van der Waals surface area contributed by atoms with Gasteiger partial charge in [-0.25, -0.2) is 9.97 Å². The van der Waals surface area contributed by atoms with Crippen molar-refractivity contribution in [2.45, 2.75) is 38.5 Å². The number of nitrogens with zero attached hydrogens (tertiary/aromatic N) is 2. The van der Waals surface area contributed by atoms with Crippen molar-refractivity contribution in [2.24, 2.45) is 5.92 Å². The highest BCUT2D eigenvalue weighted by Gasteiger charge is 2.28. The van der Waals surface area contributed by atoms with Gasteiger partial charge in [0.15, 0.2) is 0 Å². The second kappa shape index (κ2) is 6.30. The third-order valence-electron chi connectivity index (χ3n) is 4.43. The first-order valence-electron chi connectivity index (χ1n) is 7.57. The molecule has 0 aliphatic heterocycles. The highest BCUT2D eigenvalue weighted by molar-refractivity contribution is 14.1. The largest absolute Gasteiger partial charge is 0.383 e. The molecule has 0 saturated heterocycles. The maximum absolute atomic E-state index is 6.13. The van der Waals surface area contributed by atoms with Crippen LogP contribution < -0.4 is 5.73 Å². The summed E-state index contributed by atoms with van der Waals surface area (Å²) in [4.78, 5) is 9.42. The standard InChI is InChI=1S/C17H20IN3/c1-2-11-8-9-13(10-11)17-20-15(14(18)16(19)21-17)12-6-4-3-5-7-12/h3-7,11,13H,2,8-10H2,1H3,(H2,19,20,21). The Morgan fingerprint density at radius 2 is 1.95 bits per heavy atom. The molecule has 4 heteroatoms. The van der Waals surface area contributed by atoms with E-state index < -0.39 is 0 Å². The molecule has 2 aromatic rings. The zero-order chi connectivity index (χ0) is 14.8. The molecule has 110 valence electrons. The molecule has 3 nitrogen and oxygen atoms in total. The lowest BCUT2D eigenvalue weighted by molar-refractivity contribution is 0.517. The summed E-state index contributed by atoms with van der Waals surface area (Å²) in [5, 5.41) is 0. The lowest BCUT2D eigenvalue weighted by Gasteiger charge is -2.13. The molecule has 1 aromatic carbocycles. The Hall–Kier alpha value is -1.17. The van der Waals surface area contributed by atoms with Gasteiger partial charge in [-0.2, -0.15) is 0 Å². The van der Waals surface area contributed by atoms with Crippen molar-refractivity contribution in [3.63, 3.8) is 0 Å². The molecular formula is C17H20IN3. The normalized spacial score (nSPS) is 21.6. The second-order valence-corrected chi connectivity index (χ2v) is 6.86. The Labute approximate surface area is 139 Å². The molecule has 2 atom stereocenters. The summed E-state index contributed by atoms with van der Waals surface area (Å²) < 4.78 is 0.951. The van der Waals surface area contributed by atoms with Crippen LogP contribution in [0.4, 0.5) is 5.82 Å². The number of aromatic nitrogens is 2. The van der Waals surface area contributed by atoms with Gasteiger partial charge in [0.1, 0.15) is 11.6 Å². The molecule has 1 saturated carbocycles. The highest BCUT2D eigenvalue weighted by Crippen LogP contribution is 2.39. The van der Waals surface area contributed by atoms with Gasteiger partial charge in [0, 0.05) is 11.5 Å². The Balaban J connectivity index is 1.99. The average molecular weight is 393 g/mol. The van der Waals surface area contributed by atoms with E-state index in [1.54, 1.807) is 0 Å². The predicted octanol–water partition coefficient (Wildman–Crippen LogP) is 4.62. The van der Waals surface area contributed by atoms with Gasteiger partial charge >= 0.3 is 0 Å². The van der Waals surface area contributed by atoms with Gasteiger partial charge in [-0.15, -0.1) is 0 Å². The summed E-state index contributed by atoms with van der Waals surface area (Å²) in [5.74, 6) is 2.83. The Bertz CT molecular complexity index is 627. The summed E-state index contributed by atoms with van der Waals surface area (Å²) in [6, 6.07) is 10.2. The third kappa shape index (κ3) is 3.05. The minimum atomic E-state index is 0.469. The Morgan fingerprint density at radius 3 is 2.62 bits per heavy atom. The number of hydrogen-bond donors (Lipinski definition) is 1. The van der Waals surface area contributed by atoms with E-state index >= 15 is 0 Å². The molecule has 0 bridgehead atoms. The van der Waals surface area contributed by atoms with Gasteiger partial charge in [0.05, 0.1) is 9.26 Å². The van der Waals surface area contributed by atoms with Gasteiger partial charge in [0.25, 0.3) is 0 Å². The number of halogens is 1. The minimum Gasteiger partial charge on any atom is -0.383 e. The van der Waals surface area contributed by atoms with Crippen molar-refractivity contribution >= 4 is 28.4 Å². The summed E-state index contributed by atoms with van der Waals surface area (Å²) >= 11 is 2.25. The monoisotopic (exact) mass is 393 g/mol.